The fourth-order valence-corrected chi connectivity index (χ4v) is 3.82. The Labute approximate surface area is 173 Å². The Balaban J connectivity index is 1.51. The van der Waals surface area contributed by atoms with Crippen LogP contribution in [0, 0.1) is 0 Å². The zero-order valence-electron chi connectivity index (χ0n) is 15.8. The summed E-state index contributed by atoms with van der Waals surface area (Å²) in [5, 5.41) is 0.682. The molecule has 8 heteroatoms. The molecule has 3 heterocycles. The maximum absolute atomic E-state index is 12.9. The lowest BCUT2D eigenvalue weighted by molar-refractivity contribution is -0.136. The molecule has 0 unspecified atom stereocenters. The number of aromatic nitrogens is 3. The van der Waals surface area contributed by atoms with Crippen LogP contribution in [-0.4, -0.2) is 31.9 Å². The van der Waals surface area contributed by atoms with E-state index in [0.29, 0.717) is 29.6 Å². The summed E-state index contributed by atoms with van der Waals surface area (Å²) in [7, 11) is 0. The number of nitrogens with zero attached hydrogens (tertiary/aromatic N) is 4. The van der Waals surface area contributed by atoms with Crippen molar-refractivity contribution in [1.82, 2.24) is 19.4 Å². The van der Waals surface area contributed by atoms with Crippen molar-refractivity contribution in [1.29, 1.82) is 0 Å². The molecule has 0 N–H and O–H groups in total. The number of carbonyl (C=O) groups excluding carboxylic acids is 1. The molecule has 4 rings (SSSR count). The van der Waals surface area contributed by atoms with Gasteiger partial charge in [0.25, 0.3) is 0 Å². The molecule has 0 bridgehead atoms. The highest BCUT2D eigenvalue weighted by molar-refractivity contribution is 6.31. The highest BCUT2D eigenvalue weighted by Crippen LogP contribution is 2.31. The largest absolute Gasteiger partial charge is 0.443 e. The van der Waals surface area contributed by atoms with E-state index >= 15 is 0 Å². The van der Waals surface area contributed by atoms with E-state index in [1.807, 2.05) is 24.3 Å². The van der Waals surface area contributed by atoms with Gasteiger partial charge in [-0.2, -0.15) is 0 Å². The van der Waals surface area contributed by atoms with Crippen LogP contribution in [0.5, 0.6) is 0 Å². The van der Waals surface area contributed by atoms with E-state index in [-0.39, 0.29) is 18.5 Å². The number of halogens is 1. The Morgan fingerprint density at radius 1 is 1.21 bits per heavy atom. The smallest absolute Gasteiger partial charge is 0.347 e. The van der Waals surface area contributed by atoms with Gasteiger partial charge < -0.3 is 9.32 Å². The quantitative estimate of drug-likeness (QED) is 0.642. The van der Waals surface area contributed by atoms with E-state index in [0.717, 1.165) is 24.8 Å². The number of benzene rings is 1. The molecule has 29 heavy (non-hydrogen) atoms. The fourth-order valence-electron chi connectivity index (χ4n) is 3.62. The van der Waals surface area contributed by atoms with Crippen LogP contribution in [0.25, 0.3) is 0 Å². The van der Waals surface area contributed by atoms with E-state index in [4.69, 9.17) is 16.0 Å². The minimum absolute atomic E-state index is 0.0453. The highest BCUT2D eigenvalue weighted by atomic mass is 35.5. The normalized spacial score (nSPS) is 16.7. The van der Waals surface area contributed by atoms with E-state index < -0.39 is 5.69 Å². The van der Waals surface area contributed by atoms with Gasteiger partial charge in [-0.3, -0.25) is 9.36 Å². The van der Waals surface area contributed by atoms with Gasteiger partial charge in [-0.1, -0.05) is 29.8 Å². The van der Waals surface area contributed by atoms with Gasteiger partial charge in [0.05, 0.1) is 6.20 Å². The average molecular weight is 413 g/mol. The number of carbonyl (C=O) groups is 1. The summed E-state index contributed by atoms with van der Waals surface area (Å²) in [5.41, 5.74) is 0.525. The number of oxazole rings is 1. The summed E-state index contributed by atoms with van der Waals surface area (Å²) in [4.78, 5) is 34.6. The molecule has 1 aromatic carbocycles. The molecule has 3 aromatic rings. The lowest BCUT2D eigenvalue weighted by atomic mass is 10.0. The minimum Gasteiger partial charge on any atom is -0.443 e. The predicted molar refractivity (Wildman–Crippen MR) is 108 cm³/mol. The molecule has 0 saturated carbocycles. The van der Waals surface area contributed by atoms with Crippen molar-refractivity contribution in [3.8, 4) is 0 Å². The Morgan fingerprint density at radius 2 is 2.07 bits per heavy atom. The number of hydrogen-bond donors (Lipinski definition) is 0. The minimum atomic E-state index is -0.437. The van der Waals surface area contributed by atoms with Crippen molar-refractivity contribution in [3.05, 3.63) is 81.6 Å². The Hall–Kier alpha value is -2.93. The molecule has 0 radical (unpaired) electrons. The highest BCUT2D eigenvalue weighted by Gasteiger charge is 2.31. The van der Waals surface area contributed by atoms with Crippen LogP contribution < -0.4 is 5.69 Å². The molecule has 0 aliphatic carbocycles. The molecule has 1 aliphatic rings. The number of likely N-dealkylation sites (tertiary alicyclic amines) is 1. The summed E-state index contributed by atoms with van der Waals surface area (Å²) < 4.78 is 7.30. The zero-order chi connectivity index (χ0) is 20.2. The Kier molecular flexibility index (Phi) is 5.76. The lowest BCUT2D eigenvalue weighted by Crippen LogP contribution is -2.42. The fraction of sp³-hybridized carbons (Fsp3) is 0.333. The topological polar surface area (TPSA) is 81.2 Å². The molecular weight excluding hydrogens is 392 g/mol. The van der Waals surface area contributed by atoms with Crippen molar-refractivity contribution in [3.63, 3.8) is 0 Å². The molecule has 0 spiro atoms. The van der Waals surface area contributed by atoms with Gasteiger partial charge in [0.2, 0.25) is 11.8 Å². The van der Waals surface area contributed by atoms with Crippen molar-refractivity contribution < 1.29 is 9.21 Å². The van der Waals surface area contributed by atoms with Crippen LogP contribution in [0.15, 0.2) is 58.1 Å². The third-order valence-corrected chi connectivity index (χ3v) is 5.46. The summed E-state index contributed by atoms with van der Waals surface area (Å²) in [5.74, 6) is 1.09. The van der Waals surface area contributed by atoms with E-state index in [2.05, 4.69) is 9.97 Å². The molecule has 1 aliphatic heterocycles. The molecule has 7 nitrogen and oxygen atoms in total. The SMILES string of the molecule is O=C(Cn1cccnc1=O)N1CCCC[C@H]1c1ncc(Cc2ccccc2Cl)o1. The lowest BCUT2D eigenvalue weighted by Gasteiger charge is -2.33. The van der Waals surface area contributed by atoms with Crippen molar-refractivity contribution in [2.24, 2.45) is 0 Å². The van der Waals surface area contributed by atoms with E-state index in [9.17, 15) is 9.59 Å². The Bertz CT molecular complexity index is 1060. The summed E-state index contributed by atoms with van der Waals surface area (Å²) >= 11 is 6.24. The van der Waals surface area contributed by atoms with Crippen LogP contribution >= 0.6 is 11.6 Å². The average Bonchev–Trinajstić information content (AvgIpc) is 3.20. The molecule has 1 atom stereocenters. The van der Waals surface area contributed by atoms with Crippen LogP contribution in [0.1, 0.15) is 42.5 Å². The second kappa shape index (κ2) is 8.61. The van der Waals surface area contributed by atoms with Crippen molar-refractivity contribution in [2.75, 3.05) is 6.54 Å². The maximum atomic E-state index is 12.9. The molecule has 150 valence electrons. The van der Waals surface area contributed by atoms with Gasteiger partial charge in [0.1, 0.15) is 18.3 Å². The van der Waals surface area contributed by atoms with Gasteiger partial charge in [-0.25, -0.2) is 14.8 Å². The van der Waals surface area contributed by atoms with Crippen LogP contribution in [-0.2, 0) is 17.8 Å². The number of piperidine rings is 1. The summed E-state index contributed by atoms with van der Waals surface area (Å²) in [6.45, 7) is 0.567. The first-order chi connectivity index (χ1) is 14.1. The molecule has 1 saturated heterocycles. The first-order valence-electron chi connectivity index (χ1n) is 9.61. The first kappa shape index (κ1) is 19.4. The van der Waals surface area contributed by atoms with Crippen LogP contribution in [0.2, 0.25) is 5.02 Å². The molecule has 2 aromatic heterocycles. The standard InChI is InChI=1S/C21H21ClN4O3/c22-17-7-2-1-6-15(17)12-16-13-24-20(29-16)18-8-3-4-11-26(18)19(27)14-25-10-5-9-23-21(25)28/h1-2,5-7,9-10,13,18H,3-4,8,11-12,14H2/t18-/m0/s1. The van der Waals surface area contributed by atoms with E-state index in [1.54, 1.807) is 23.4 Å². The van der Waals surface area contributed by atoms with Crippen LogP contribution in [0.4, 0.5) is 0 Å². The van der Waals surface area contributed by atoms with Gasteiger partial charge >= 0.3 is 5.69 Å². The van der Waals surface area contributed by atoms with Crippen molar-refractivity contribution in [2.45, 2.75) is 38.3 Å². The Morgan fingerprint density at radius 3 is 2.90 bits per heavy atom. The molecule has 1 amide bonds. The first-order valence-corrected chi connectivity index (χ1v) is 9.98. The number of hydrogen-bond acceptors (Lipinski definition) is 5. The molecule has 1 fully saturated rings. The monoisotopic (exact) mass is 412 g/mol. The van der Waals surface area contributed by atoms with Crippen molar-refractivity contribution >= 4 is 17.5 Å². The third kappa shape index (κ3) is 4.40. The summed E-state index contributed by atoms with van der Waals surface area (Å²) in [6.07, 6.45) is 7.90. The molecular formula is C21H21ClN4O3. The predicted octanol–water partition coefficient (Wildman–Crippen LogP) is 3.23. The van der Waals surface area contributed by atoms with Gasteiger partial charge in [0.15, 0.2) is 0 Å². The number of rotatable bonds is 5. The van der Waals surface area contributed by atoms with Gasteiger partial charge in [-0.05, 0) is 37.0 Å². The van der Waals surface area contributed by atoms with Gasteiger partial charge in [-0.15, -0.1) is 0 Å². The van der Waals surface area contributed by atoms with Crippen LogP contribution in [0.3, 0.4) is 0 Å². The maximum Gasteiger partial charge on any atom is 0.347 e. The summed E-state index contributed by atoms with van der Waals surface area (Å²) in [6, 6.07) is 9.01. The third-order valence-electron chi connectivity index (χ3n) is 5.09. The zero-order valence-corrected chi connectivity index (χ0v) is 16.6. The van der Waals surface area contributed by atoms with E-state index in [1.165, 1.54) is 10.8 Å². The van der Waals surface area contributed by atoms with Gasteiger partial charge in [0, 0.05) is 30.4 Å². The number of amides is 1. The second-order valence-corrected chi connectivity index (χ2v) is 7.47. The second-order valence-electron chi connectivity index (χ2n) is 7.06.